The van der Waals surface area contributed by atoms with Crippen molar-refractivity contribution in [3.63, 3.8) is 0 Å². The molecule has 0 saturated carbocycles. The monoisotopic (exact) mass is 393 g/mol. The molecule has 26 heavy (non-hydrogen) atoms. The Morgan fingerprint density at radius 3 is 2.62 bits per heavy atom. The minimum Gasteiger partial charge on any atom is -0.278 e. The zero-order valence-corrected chi connectivity index (χ0v) is 15.5. The van der Waals surface area contributed by atoms with E-state index in [1.54, 1.807) is 6.20 Å². The summed E-state index contributed by atoms with van der Waals surface area (Å²) in [5.74, 6) is -1.18. The summed E-state index contributed by atoms with van der Waals surface area (Å²) in [5.41, 5.74) is 3.40. The summed E-state index contributed by atoms with van der Waals surface area (Å²) in [5, 5.41) is 6.96. The van der Waals surface area contributed by atoms with Gasteiger partial charge >= 0.3 is 0 Å². The Balaban J connectivity index is 1.75. The second kappa shape index (κ2) is 7.57. The van der Waals surface area contributed by atoms with Crippen molar-refractivity contribution in [1.29, 1.82) is 0 Å². The fourth-order valence-electron chi connectivity index (χ4n) is 2.51. The van der Waals surface area contributed by atoms with E-state index in [9.17, 15) is 12.8 Å². The van der Waals surface area contributed by atoms with Crippen LogP contribution in [0.15, 0.2) is 48.7 Å². The summed E-state index contributed by atoms with van der Waals surface area (Å²) in [6, 6.07) is 11.9. The van der Waals surface area contributed by atoms with Crippen LogP contribution in [-0.4, -0.2) is 18.6 Å². The number of H-pyrrole nitrogens is 1. The number of nitrogens with one attached hydrogen (secondary N) is 2. The smallest absolute Gasteiger partial charge is 0.216 e. The third-order valence-electron chi connectivity index (χ3n) is 3.94. The standard InChI is InChI=1S/C18H17ClFN3O2S/c1-12-5-7-13(8-6-12)18-14(9-21-23-18)10-22-26(24,25)11-15-16(19)3-2-4-17(15)20/h2-9,22H,10-11H2,1H3,(H,21,23). The van der Waals surface area contributed by atoms with Gasteiger partial charge in [0.05, 0.1) is 17.6 Å². The molecule has 2 N–H and O–H groups in total. The molecular formula is C18H17ClFN3O2S. The van der Waals surface area contributed by atoms with Gasteiger partial charge in [-0.2, -0.15) is 5.10 Å². The van der Waals surface area contributed by atoms with Gasteiger partial charge in [-0.15, -0.1) is 0 Å². The Morgan fingerprint density at radius 2 is 1.92 bits per heavy atom. The van der Waals surface area contributed by atoms with Crippen LogP contribution in [0, 0.1) is 12.7 Å². The van der Waals surface area contributed by atoms with Crippen molar-refractivity contribution in [3.8, 4) is 11.3 Å². The quantitative estimate of drug-likeness (QED) is 0.669. The Hall–Kier alpha value is -2.22. The van der Waals surface area contributed by atoms with Crippen molar-refractivity contribution in [1.82, 2.24) is 14.9 Å². The Morgan fingerprint density at radius 1 is 1.19 bits per heavy atom. The molecule has 0 saturated heterocycles. The highest BCUT2D eigenvalue weighted by Crippen LogP contribution is 2.23. The van der Waals surface area contributed by atoms with Crippen molar-refractivity contribution < 1.29 is 12.8 Å². The lowest BCUT2D eigenvalue weighted by Crippen LogP contribution is -2.25. The number of aryl methyl sites for hydroxylation is 1. The van der Waals surface area contributed by atoms with E-state index >= 15 is 0 Å². The van der Waals surface area contributed by atoms with Crippen LogP contribution < -0.4 is 4.72 Å². The molecule has 0 spiro atoms. The van der Waals surface area contributed by atoms with Gasteiger partial charge in [0.15, 0.2) is 0 Å². The molecule has 3 aromatic rings. The molecule has 3 rings (SSSR count). The maximum atomic E-state index is 13.8. The second-order valence-corrected chi connectivity index (χ2v) is 8.13. The summed E-state index contributed by atoms with van der Waals surface area (Å²) >= 11 is 5.91. The van der Waals surface area contributed by atoms with Crippen LogP contribution in [0.4, 0.5) is 4.39 Å². The number of halogens is 2. The molecule has 0 aliphatic carbocycles. The van der Waals surface area contributed by atoms with E-state index in [-0.39, 0.29) is 17.1 Å². The Bertz CT molecular complexity index is 997. The number of hydrogen-bond acceptors (Lipinski definition) is 3. The SMILES string of the molecule is Cc1ccc(-c2[nH]ncc2CNS(=O)(=O)Cc2c(F)cccc2Cl)cc1. The average Bonchev–Trinajstić information content (AvgIpc) is 3.06. The lowest BCUT2D eigenvalue weighted by molar-refractivity contribution is 0.574. The van der Waals surface area contributed by atoms with E-state index in [1.165, 1.54) is 18.2 Å². The molecule has 8 heteroatoms. The molecule has 1 heterocycles. The van der Waals surface area contributed by atoms with Gasteiger partial charge in [0.2, 0.25) is 10.0 Å². The van der Waals surface area contributed by atoms with Crippen molar-refractivity contribution in [2.75, 3.05) is 0 Å². The maximum absolute atomic E-state index is 13.8. The number of sulfonamides is 1. The molecule has 136 valence electrons. The van der Waals surface area contributed by atoms with Crippen LogP contribution in [0.2, 0.25) is 5.02 Å². The summed E-state index contributed by atoms with van der Waals surface area (Å²) in [7, 11) is -3.78. The number of nitrogens with zero attached hydrogens (tertiary/aromatic N) is 1. The third kappa shape index (κ3) is 4.30. The number of rotatable bonds is 6. The molecule has 5 nitrogen and oxygen atoms in total. The zero-order chi connectivity index (χ0) is 18.7. The van der Waals surface area contributed by atoms with Crippen LogP contribution in [0.1, 0.15) is 16.7 Å². The van der Waals surface area contributed by atoms with E-state index in [2.05, 4.69) is 14.9 Å². The van der Waals surface area contributed by atoms with Crippen molar-refractivity contribution in [2.45, 2.75) is 19.2 Å². The number of benzene rings is 2. The first-order chi connectivity index (χ1) is 12.4. The average molecular weight is 394 g/mol. The highest BCUT2D eigenvalue weighted by Gasteiger charge is 2.18. The normalized spacial score (nSPS) is 11.7. The van der Waals surface area contributed by atoms with Crippen molar-refractivity contribution >= 4 is 21.6 Å². The van der Waals surface area contributed by atoms with Gasteiger partial charge in [-0.25, -0.2) is 17.5 Å². The largest absolute Gasteiger partial charge is 0.278 e. The number of hydrogen-bond donors (Lipinski definition) is 2. The second-order valence-electron chi connectivity index (χ2n) is 5.92. The Labute approximate surface area is 156 Å². The summed E-state index contributed by atoms with van der Waals surface area (Å²) in [6.07, 6.45) is 1.56. The fourth-order valence-corrected chi connectivity index (χ4v) is 3.97. The molecule has 0 fully saturated rings. The van der Waals surface area contributed by atoms with E-state index in [0.29, 0.717) is 5.56 Å². The molecule has 2 aromatic carbocycles. The number of aromatic amines is 1. The predicted octanol–water partition coefficient (Wildman–Crippen LogP) is 3.80. The first kappa shape index (κ1) is 18.6. The molecule has 0 radical (unpaired) electrons. The number of aromatic nitrogens is 2. The van der Waals surface area contributed by atoms with Gasteiger partial charge in [0.1, 0.15) is 5.82 Å². The van der Waals surface area contributed by atoms with Crippen molar-refractivity contribution in [2.24, 2.45) is 0 Å². The molecule has 0 atom stereocenters. The molecule has 0 bridgehead atoms. The molecule has 0 aliphatic heterocycles. The maximum Gasteiger partial charge on any atom is 0.216 e. The topological polar surface area (TPSA) is 74.8 Å². The zero-order valence-electron chi connectivity index (χ0n) is 14.0. The molecule has 0 amide bonds. The summed E-state index contributed by atoms with van der Waals surface area (Å²) in [4.78, 5) is 0. The van der Waals surface area contributed by atoms with Crippen LogP contribution in [0.25, 0.3) is 11.3 Å². The minimum atomic E-state index is -3.78. The molecule has 1 aromatic heterocycles. The molecule has 0 unspecified atom stereocenters. The van der Waals surface area contributed by atoms with Gasteiger partial charge in [-0.3, -0.25) is 5.10 Å². The van der Waals surface area contributed by atoms with Gasteiger partial charge in [0, 0.05) is 22.7 Å². The van der Waals surface area contributed by atoms with Crippen LogP contribution in [0.3, 0.4) is 0 Å². The Kier molecular flexibility index (Phi) is 5.41. The fraction of sp³-hybridized carbons (Fsp3) is 0.167. The van der Waals surface area contributed by atoms with Gasteiger partial charge < -0.3 is 0 Å². The van der Waals surface area contributed by atoms with E-state index in [1.807, 2.05) is 31.2 Å². The minimum absolute atomic E-state index is 0.0358. The highest BCUT2D eigenvalue weighted by molar-refractivity contribution is 7.88. The van der Waals surface area contributed by atoms with Gasteiger partial charge in [-0.1, -0.05) is 47.5 Å². The first-order valence-corrected chi connectivity index (χ1v) is 9.88. The lowest BCUT2D eigenvalue weighted by Gasteiger charge is -2.09. The van der Waals surface area contributed by atoms with Crippen LogP contribution in [-0.2, 0) is 22.3 Å². The lowest BCUT2D eigenvalue weighted by atomic mass is 10.1. The third-order valence-corrected chi connectivity index (χ3v) is 5.54. The molecular weight excluding hydrogens is 377 g/mol. The van der Waals surface area contributed by atoms with E-state index in [0.717, 1.165) is 16.8 Å². The van der Waals surface area contributed by atoms with Crippen molar-refractivity contribution in [3.05, 3.63) is 76.2 Å². The van der Waals surface area contributed by atoms with E-state index in [4.69, 9.17) is 11.6 Å². The van der Waals surface area contributed by atoms with Gasteiger partial charge in [0.25, 0.3) is 0 Å². The van der Waals surface area contributed by atoms with Crippen LogP contribution in [0.5, 0.6) is 0 Å². The van der Waals surface area contributed by atoms with Gasteiger partial charge in [-0.05, 0) is 24.6 Å². The summed E-state index contributed by atoms with van der Waals surface area (Å²) < 4.78 is 40.9. The molecule has 0 aliphatic rings. The van der Waals surface area contributed by atoms with E-state index < -0.39 is 21.6 Å². The summed E-state index contributed by atoms with van der Waals surface area (Å²) in [6.45, 7) is 2.02. The predicted molar refractivity (Wildman–Crippen MR) is 99.6 cm³/mol. The van der Waals surface area contributed by atoms with Crippen LogP contribution >= 0.6 is 11.6 Å². The highest BCUT2D eigenvalue weighted by atomic mass is 35.5. The first-order valence-electron chi connectivity index (χ1n) is 7.85.